The summed E-state index contributed by atoms with van der Waals surface area (Å²) < 4.78 is 27.2. The van der Waals surface area contributed by atoms with E-state index in [0.717, 1.165) is 0 Å². The second kappa shape index (κ2) is 7.84. The molecule has 26 heavy (non-hydrogen) atoms. The highest BCUT2D eigenvalue weighted by Crippen LogP contribution is 2.34. The maximum atomic E-state index is 12.1. The van der Waals surface area contributed by atoms with Crippen molar-refractivity contribution < 1.29 is 38.1 Å². The number of carbonyl (C=O) groups excluding carboxylic acids is 3. The largest absolute Gasteiger partial charge is 0.452 e. The van der Waals surface area contributed by atoms with Crippen molar-refractivity contribution in [3.05, 3.63) is 36.5 Å². The number of esters is 3. The number of ether oxygens (including phenoxy) is 5. The average molecular weight is 366 g/mol. The van der Waals surface area contributed by atoms with Crippen LogP contribution in [0.4, 0.5) is 0 Å². The molecule has 0 radical (unpaired) electrons. The highest BCUT2D eigenvalue weighted by molar-refractivity contribution is 5.88. The zero-order valence-corrected chi connectivity index (χ0v) is 15.0. The molecule has 0 N–H and O–H groups in total. The van der Waals surface area contributed by atoms with Crippen molar-refractivity contribution in [2.24, 2.45) is 0 Å². The molecule has 2 rings (SSSR count). The van der Waals surface area contributed by atoms with Crippen molar-refractivity contribution in [2.75, 3.05) is 6.61 Å². The van der Waals surface area contributed by atoms with Gasteiger partial charge in [-0.2, -0.15) is 0 Å². The molecule has 2 aliphatic heterocycles. The molecule has 2 fully saturated rings. The Morgan fingerprint density at radius 2 is 1.19 bits per heavy atom. The molecule has 5 unspecified atom stereocenters. The van der Waals surface area contributed by atoms with Crippen LogP contribution in [0.1, 0.15) is 20.8 Å². The van der Waals surface area contributed by atoms with Crippen LogP contribution in [0.3, 0.4) is 0 Å². The highest BCUT2D eigenvalue weighted by atomic mass is 16.8. The van der Waals surface area contributed by atoms with E-state index in [1.807, 2.05) is 0 Å². The van der Waals surface area contributed by atoms with E-state index in [2.05, 4.69) is 19.7 Å². The van der Waals surface area contributed by atoms with Gasteiger partial charge in [0.25, 0.3) is 0 Å². The molecule has 0 aromatic rings. The predicted molar refractivity (Wildman–Crippen MR) is 88.7 cm³/mol. The van der Waals surface area contributed by atoms with Gasteiger partial charge in [-0.1, -0.05) is 19.7 Å². The van der Waals surface area contributed by atoms with Gasteiger partial charge in [-0.05, 0) is 20.8 Å². The fraction of sp³-hybridized carbons (Fsp3) is 0.500. The first-order valence-electron chi connectivity index (χ1n) is 7.98. The Morgan fingerprint density at radius 1 is 0.769 bits per heavy atom. The van der Waals surface area contributed by atoms with E-state index in [-0.39, 0.29) is 23.3 Å². The highest BCUT2D eigenvalue weighted by Gasteiger charge is 2.56. The SMILES string of the molecule is C=C(C)C(=O)OC1C2COC(O2)C(OC(=O)C(=C)C)C1OC(=O)C(=C)C. The summed E-state index contributed by atoms with van der Waals surface area (Å²) in [5.41, 5.74) is 0.441. The third-order valence-corrected chi connectivity index (χ3v) is 3.79. The van der Waals surface area contributed by atoms with E-state index in [1.165, 1.54) is 20.8 Å². The summed E-state index contributed by atoms with van der Waals surface area (Å²) in [7, 11) is 0. The lowest BCUT2D eigenvalue weighted by atomic mass is 10.00. The normalized spacial score (nSPS) is 29.4. The summed E-state index contributed by atoms with van der Waals surface area (Å²) in [5, 5.41) is 0. The summed E-state index contributed by atoms with van der Waals surface area (Å²) in [6.07, 6.45) is -4.93. The van der Waals surface area contributed by atoms with Crippen LogP contribution >= 0.6 is 0 Å². The standard InChI is InChI=1S/C18H22O8/c1-8(2)15(19)24-12-11-7-22-18(23-11)14(26-17(21)10(5)6)13(12)25-16(20)9(3)4/h11-14,18H,1,3,5,7H2,2,4,6H3. The maximum Gasteiger partial charge on any atom is 0.333 e. The second-order valence-electron chi connectivity index (χ2n) is 6.33. The van der Waals surface area contributed by atoms with Gasteiger partial charge in [-0.15, -0.1) is 0 Å². The van der Waals surface area contributed by atoms with Gasteiger partial charge in [-0.3, -0.25) is 0 Å². The van der Waals surface area contributed by atoms with Gasteiger partial charge in [0.2, 0.25) is 0 Å². The number of carbonyl (C=O) groups is 3. The lowest BCUT2D eigenvalue weighted by Crippen LogP contribution is -2.58. The van der Waals surface area contributed by atoms with Crippen LogP contribution in [0.2, 0.25) is 0 Å². The molecular weight excluding hydrogens is 344 g/mol. The molecule has 5 atom stereocenters. The van der Waals surface area contributed by atoms with Gasteiger partial charge in [0.1, 0.15) is 6.10 Å². The molecule has 0 aromatic carbocycles. The predicted octanol–water partition coefficient (Wildman–Crippen LogP) is 1.21. The van der Waals surface area contributed by atoms with E-state index < -0.39 is 48.6 Å². The molecule has 0 aliphatic carbocycles. The monoisotopic (exact) mass is 366 g/mol. The molecule has 2 heterocycles. The maximum absolute atomic E-state index is 12.1. The number of fused-ring (bicyclic) bond motifs is 2. The van der Waals surface area contributed by atoms with Gasteiger partial charge in [0.05, 0.1) is 6.61 Å². The first kappa shape index (κ1) is 19.9. The molecule has 0 amide bonds. The van der Waals surface area contributed by atoms with Crippen molar-refractivity contribution in [1.82, 2.24) is 0 Å². The minimum absolute atomic E-state index is 0.0844. The molecular formula is C18H22O8. The quantitative estimate of drug-likeness (QED) is 0.393. The van der Waals surface area contributed by atoms with Crippen LogP contribution in [0.25, 0.3) is 0 Å². The molecule has 0 aromatic heterocycles. The molecule has 8 nitrogen and oxygen atoms in total. The van der Waals surface area contributed by atoms with Gasteiger partial charge < -0.3 is 23.7 Å². The number of rotatable bonds is 6. The van der Waals surface area contributed by atoms with Crippen molar-refractivity contribution in [3.8, 4) is 0 Å². The lowest BCUT2D eigenvalue weighted by Gasteiger charge is -2.39. The summed E-state index contributed by atoms with van der Waals surface area (Å²) in [4.78, 5) is 36.0. The van der Waals surface area contributed by atoms with E-state index in [0.29, 0.717) is 0 Å². The molecule has 0 spiro atoms. The van der Waals surface area contributed by atoms with Crippen molar-refractivity contribution in [1.29, 1.82) is 0 Å². The Bertz CT molecular complexity index is 622. The summed E-state index contributed by atoms with van der Waals surface area (Å²) in [5.74, 6) is -2.12. The first-order valence-corrected chi connectivity index (χ1v) is 7.98. The van der Waals surface area contributed by atoms with Gasteiger partial charge >= 0.3 is 17.9 Å². The molecule has 8 heteroatoms. The third kappa shape index (κ3) is 4.20. The van der Waals surface area contributed by atoms with E-state index in [4.69, 9.17) is 23.7 Å². The Balaban J connectivity index is 2.32. The van der Waals surface area contributed by atoms with Crippen molar-refractivity contribution >= 4 is 17.9 Å². The molecule has 0 saturated carbocycles. The Labute approximate surface area is 151 Å². The average Bonchev–Trinajstić information content (AvgIpc) is 2.99. The van der Waals surface area contributed by atoms with Crippen LogP contribution in [0, 0.1) is 0 Å². The van der Waals surface area contributed by atoms with Gasteiger partial charge in [0, 0.05) is 16.7 Å². The van der Waals surface area contributed by atoms with Crippen molar-refractivity contribution in [3.63, 3.8) is 0 Å². The van der Waals surface area contributed by atoms with E-state index >= 15 is 0 Å². The topological polar surface area (TPSA) is 97.4 Å². The lowest BCUT2D eigenvalue weighted by molar-refractivity contribution is -0.249. The van der Waals surface area contributed by atoms with Crippen molar-refractivity contribution in [2.45, 2.75) is 51.5 Å². The van der Waals surface area contributed by atoms with Crippen LogP contribution in [-0.2, 0) is 38.1 Å². The minimum atomic E-state index is -1.14. The van der Waals surface area contributed by atoms with E-state index in [9.17, 15) is 14.4 Å². The zero-order valence-electron chi connectivity index (χ0n) is 15.0. The minimum Gasteiger partial charge on any atom is -0.452 e. The third-order valence-electron chi connectivity index (χ3n) is 3.79. The van der Waals surface area contributed by atoms with Crippen LogP contribution < -0.4 is 0 Å². The Kier molecular flexibility index (Phi) is 5.99. The molecule has 142 valence electrons. The summed E-state index contributed by atoms with van der Waals surface area (Å²) in [6, 6.07) is 0. The number of hydrogen-bond donors (Lipinski definition) is 0. The Morgan fingerprint density at radius 3 is 1.65 bits per heavy atom. The molecule has 2 aliphatic rings. The Hall–Kier alpha value is -2.45. The van der Waals surface area contributed by atoms with Crippen LogP contribution in [-0.4, -0.2) is 55.2 Å². The smallest absolute Gasteiger partial charge is 0.333 e. The van der Waals surface area contributed by atoms with Gasteiger partial charge in [-0.25, -0.2) is 14.4 Å². The van der Waals surface area contributed by atoms with Gasteiger partial charge in [0.15, 0.2) is 24.6 Å². The van der Waals surface area contributed by atoms with E-state index in [1.54, 1.807) is 0 Å². The van der Waals surface area contributed by atoms with Crippen LogP contribution in [0.15, 0.2) is 36.5 Å². The zero-order chi connectivity index (χ0) is 19.6. The molecule has 2 bridgehead atoms. The fourth-order valence-electron chi connectivity index (χ4n) is 2.41. The number of hydrogen-bond acceptors (Lipinski definition) is 8. The first-order chi connectivity index (χ1) is 12.1. The fourth-order valence-corrected chi connectivity index (χ4v) is 2.41. The second-order valence-corrected chi connectivity index (χ2v) is 6.33. The molecule has 2 saturated heterocycles. The van der Waals surface area contributed by atoms with Crippen LogP contribution in [0.5, 0.6) is 0 Å². The summed E-state index contributed by atoms with van der Waals surface area (Å²) >= 11 is 0. The summed E-state index contributed by atoms with van der Waals surface area (Å²) in [6.45, 7) is 15.1.